The molecule has 4 rings (SSSR count). The molecule has 3 heterocycles. The molecule has 0 spiro atoms. The number of rotatable bonds is 5. The predicted molar refractivity (Wildman–Crippen MR) is 114 cm³/mol. The molecule has 3 aromatic heterocycles. The predicted octanol–water partition coefficient (Wildman–Crippen LogP) is 4.90. The largest absolute Gasteiger partial charge is 0.319 e. The number of thiophene rings is 1. The Labute approximate surface area is 165 Å². The number of hydrogen-bond donors (Lipinski definition) is 1. The number of hydrogen-bond acceptors (Lipinski definition) is 5. The SMILES string of the molecule is Cc1sc2nc(CSc3nc4ccccc4n3CC(C)C)[nH]c(=O)c2c1C. The molecule has 0 radical (unpaired) electrons. The van der Waals surface area contributed by atoms with Crippen LogP contribution in [0.2, 0.25) is 0 Å². The number of H-pyrrole nitrogens is 1. The Morgan fingerprint density at radius 3 is 2.78 bits per heavy atom. The first-order chi connectivity index (χ1) is 12.9. The Bertz CT molecular complexity index is 1190. The lowest BCUT2D eigenvalue weighted by atomic mass is 10.2. The average molecular weight is 399 g/mol. The lowest BCUT2D eigenvalue weighted by Gasteiger charge is -2.11. The number of imidazole rings is 1. The van der Waals surface area contributed by atoms with E-state index in [2.05, 4.69) is 34.4 Å². The second kappa shape index (κ2) is 7.13. The third kappa shape index (κ3) is 3.41. The van der Waals surface area contributed by atoms with E-state index in [9.17, 15) is 4.79 Å². The fourth-order valence-corrected chi connectivity index (χ4v) is 5.15. The first kappa shape index (κ1) is 18.3. The van der Waals surface area contributed by atoms with E-state index in [1.165, 1.54) is 0 Å². The summed E-state index contributed by atoms with van der Waals surface area (Å²) in [6.07, 6.45) is 0. The number of thioether (sulfide) groups is 1. The van der Waals surface area contributed by atoms with Crippen LogP contribution in [-0.4, -0.2) is 19.5 Å². The summed E-state index contributed by atoms with van der Waals surface area (Å²) in [5.74, 6) is 1.80. The average Bonchev–Trinajstić information content (AvgIpc) is 3.10. The summed E-state index contributed by atoms with van der Waals surface area (Å²) in [6.45, 7) is 9.34. The Morgan fingerprint density at radius 2 is 2.00 bits per heavy atom. The smallest absolute Gasteiger partial charge is 0.259 e. The van der Waals surface area contributed by atoms with Crippen molar-refractivity contribution in [3.63, 3.8) is 0 Å². The van der Waals surface area contributed by atoms with Gasteiger partial charge in [-0.3, -0.25) is 4.79 Å². The Morgan fingerprint density at radius 1 is 1.22 bits per heavy atom. The van der Waals surface area contributed by atoms with Crippen molar-refractivity contribution in [1.29, 1.82) is 0 Å². The molecular formula is C20H22N4OS2. The lowest BCUT2D eigenvalue weighted by Crippen LogP contribution is -2.11. The molecule has 4 aromatic rings. The fourth-order valence-electron chi connectivity index (χ4n) is 3.21. The highest BCUT2D eigenvalue weighted by molar-refractivity contribution is 7.98. The third-order valence-electron chi connectivity index (χ3n) is 4.59. The molecule has 0 amide bonds. The monoisotopic (exact) mass is 398 g/mol. The molecule has 0 unspecified atom stereocenters. The Kier molecular flexibility index (Phi) is 4.82. The van der Waals surface area contributed by atoms with Gasteiger partial charge in [0.25, 0.3) is 5.56 Å². The molecule has 27 heavy (non-hydrogen) atoms. The van der Waals surface area contributed by atoms with E-state index in [0.29, 0.717) is 17.5 Å². The van der Waals surface area contributed by atoms with Gasteiger partial charge in [0.05, 0.1) is 22.2 Å². The van der Waals surface area contributed by atoms with Gasteiger partial charge in [0.1, 0.15) is 10.7 Å². The van der Waals surface area contributed by atoms with Gasteiger partial charge in [-0.15, -0.1) is 11.3 Å². The molecule has 0 aliphatic rings. The van der Waals surface area contributed by atoms with Crippen LogP contribution in [0.25, 0.3) is 21.3 Å². The summed E-state index contributed by atoms with van der Waals surface area (Å²) >= 11 is 3.20. The Hall–Kier alpha value is -2.12. The highest BCUT2D eigenvalue weighted by atomic mass is 32.2. The van der Waals surface area contributed by atoms with Crippen LogP contribution in [0.4, 0.5) is 0 Å². The molecule has 7 heteroatoms. The number of benzene rings is 1. The van der Waals surface area contributed by atoms with Gasteiger partial charge >= 0.3 is 0 Å². The molecule has 0 atom stereocenters. The summed E-state index contributed by atoms with van der Waals surface area (Å²) in [6, 6.07) is 8.21. The minimum atomic E-state index is -0.0480. The lowest BCUT2D eigenvalue weighted by molar-refractivity contribution is 0.505. The van der Waals surface area contributed by atoms with E-state index in [-0.39, 0.29) is 5.56 Å². The van der Waals surface area contributed by atoms with Crippen LogP contribution in [0, 0.1) is 19.8 Å². The van der Waals surface area contributed by atoms with Gasteiger partial charge in [0.2, 0.25) is 0 Å². The van der Waals surface area contributed by atoms with Crippen molar-refractivity contribution in [2.24, 2.45) is 5.92 Å². The molecule has 1 N–H and O–H groups in total. The minimum absolute atomic E-state index is 0.0480. The van der Waals surface area contributed by atoms with E-state index in [0.717, 1.165) is 43.4 Å². The molecule has 0 saturated heterocycles. The van der Waals surface area contributed by atoms with Crippen LogP contribution in [0.15, 0.2) is 34.2 Å². The Balaban J connectivity index is 1.67. The first-order valence-electron chi connectivity index (χ1n) is 9.01. The zero-order chi connectivity index (χ0) is 19.1. The topological polar surface area (TPSA) is 63.6 Å². The van der Waals surface area contributed by atoms with Crippen LogP contribution < -0.4 is 5.56 Å². The number of para-hydroxylation sites is 2. The van der Waals surface area contributed by atoms with Gasteiger partial charge < -0.3 is 9.55 Å². The van der Waals surface area contributed by atoms with Crippen molar-refractivity contribution in [2.75, 3.05) is 0 Å². The maximum Gasteiger partial charge on any atom is 0.259 e. The maximum atomic E-state index is 12.5. The highest BCUT2D eigenvalue weighted by Crippen LogP contribution is 2.29. The van der Waals surface area contributed by atoms with Crippen molar-refractivity contribution in [3.05, 3.63) is 50.9 Å². The summed E-state index contributed by atoms with van der Waals surface area (Å²) in [7, 11) is 0. The highest BCUT2D eigenvalue weighted by Gasteiger charge is 2.15. The van der Waals surface area contributed by atoms with Crippen molar-refractivity contribution < 1.29 is 0 Å². The normalized spacial score (nSPS) is 11.9. The quantitative estimate of drug-likeness (QED) is 0.486. The van der Waals surface area contributed by atoms with Crippen LogP contribution in [0.1, 0.15) is 30.1 Å². The van der Waals surface area contributed by atoms with Crippen LogP contribution in [0.3, 0.4) is 0 Å². The van der Waals surface area contributed by atoms with E-state index in [1.54, 1.807) is 23.1 Å². The van der Waals surface area contributed by atoms with Gasteiger partial charge in [-0.25, -0.2) is 9.97 Å². The zero-order valence-electron chi connectivity index (χ0n) is 15.9. The molecule has 0 bridgehead atoms. The van der Waals surface area contributed by atoms with Gasteiger partial charge in [-0.05, 0) is 37.5 Å². The van der Waals surface area contributed by atoms with Crippen molar-refractivity contribution in [3.8, 4) is 0 Å². The summed E-state index contributed by atoms with van der Waals surface area (Å²) in [4.78, 5) is 26.9. The van der Waals surface area contributed by atoms with Crippen LogP contribution in [0.5, 0.6) is 0 Å². The number of nitrogens with zero attached hydrogens (tertiary/aromatic N) is 3. The molecular weight excluding hydrogens is 376 g/mol. The van der Waals surface area contributed by atoms with Crippen molar-refractivity contribution in [1.82, 2.24) is 19.5 Å². The van der Waals surface area contributed by atoms with Crippen molar-refractivity contribution in [2.45, 2.75) is 45.1 Å². The molecule has 5 nitrogen and oxygen atoms in total. The van der Waals surface area contributed by atoms with Gasteiger partial charge in [-0.1, -0.05) is 37.7 Å². The molecule has 0 aliphatic carbocycles. The summed E-state index contributed by atoms with van der Waals surface area (Å²) < 4.78 is 2.26. The zero-order valence-corrected chi connectivity index (χ0v) is 17.5. The second-order valence-corrected chi connectivity index (χ2v) is 9.30. The second-order valence-electron chi connectivity index (χ2n) is 7.15. The molecule has 140 valence electrons. The molecule has 0 saturated carbocycles. The van der Waals surface area contributed by atoms with Crippen LogP contribution >= 0.6 is 23.1 Å². The molecule has 0 aliphatic heterocycles. The number of fused-ring (bicyclic) bond motifs is 2. The fraction of sp³-hybridized carbons (Fsp3) is 0.350. The van der Waals surface area contributed by atoms with Crippen molar-refractivity contribution >= 4 is 44.3 Å². The van der Waals surface area contributed by atoms with E-state index in [1.807, 2.05) is 32.0 Å². The summed E-state index contributed by atoms with van der Waals surface area (Å²) in [5, 5.41) is 1.68. The molecule has 0 fully saturated rings. The summed E-state index contributed by atoms with van der Waals surface area (Å²) in [5.41, 5.74) is 3.13. The number of aryl methyl sites for hydroxylation is 2. The van der Waals surface area contributed by atoms with E-state index >= 15 is 0 Å². The van der Waals surface area contributed by atoms with Gasteiger partial charge in [-0.2, -0.15) is 0 Å². The van der Waals surface area contributed by atoms with Gasteiger partial charge in [0, 0.05) is 11.4 Å². The number of aromatic nitrogens is 4. The molecule has 1 aromatic carbocycles. The third-order valence-corrected chi connectivity index (χ3v) is 6.68. The van der Waals surface area contributed by atoms with Crippen LogP contribution in [-0.2, 0) is 12.3 Å². The minimum Gasteiger partial charge on any atom is -0.319 e. The van der Waals surface area contributed by atoms with Gasteiger partial charge in [0.15, 0.2) is 5.16 Å². The van der Waals surface area contributed by atoms with E-state index < -0.39 is 0 Å². The first-order valence-corrected chi connectivity index (χ1v) is 10.8. The number of aromatic amines is 1. The standard InChI is InChI=1S/C20H22N4OS2/c1-11(2)9-24-15-8-6-5-7-14(15)21-20(24)26-10-16-22-18(25)17-12(3)13(4)27-19(17)23-16/h5-8,11H,9-10H2,1-4H3,(H,22,23,25). The van der Waals surface area contributed by atoms with E-state index in [4.69, 9.17) is 4.98 Å². The number of nitrogens with one attached hydrogen (secondary N) is 1. The maximum absolute atomic E-state index is 12.5.